The van der Waals surface area contributed by atoms with Crippen LogP contribution < -0.4 is 5.32 Å². The zero-order valence-electron chi connectivity index (χ0n) is 11.2. The van der Waals surface area contributed by atoms with Gasteiger partial charge in [-0.2, -0.15) is 0 Å². The predicted molar refractivity (Wildman–Crippen MR) is 76.6 cm³/mol. The van der Waals surface area contributed by atoms with Crippen molar-refractivity contribution in [3.8, 4) is 0 Å². The summed E-state index contributed by atoms with van der Waals surface area (Å²) >= 11 is 1.89. The lowest BCUT2D eigenvalue weighted by atomic mass is 10.1. The summed E-state index contributed by atoms with van der Waals surface area (Å²) < 4.78 is 0. The molecule has 1 rings (SSSR count). The molecule has 0 saturated heterocycles. The highest BCUT2D eigenvalue weighted by Crippen LogP contribution is 2.25. The third-order valence-electron chi connectivity index (χ3n) is 2.76. The van der Waals surface area contributed by atoms with Crippen molar-refractivity contribution < 1.29 is 0 Å². The van der Waals surface area contributed by atoms with Gasteiger partial charge in [-0.15, -0.1) is 11.8 Å². The summed E-state index contributed by atoms with van der Waals surface area (Å²) in [7, 11) is 0. The molecule has 0 radical (unpaired) electrons. The maximum atomic E-state index is 4.50. The Kier molecular flexibility index (Phi) is 7.29. The van der Waals surface area contributed by atoms with Gasteiger partial charge < -0.3 is 5.32 Å². The molecule has 2 nitrogen and oxygen atoms in total. The summed E-state index contributed by atoms with van der Waals surface area (Å²) in [5, 5.41) is 4.64. The topological polar surface area (TPSA) is 24.9 Å². The number of hydrogen-bond acceptors (Lipinski definition) is 3. The number of unbranched alkanes of at least 4 members (excludes halogenated alkanes) is 2. The molecule has 0 aliphatic rings. The van der Waals surface area contributed by atoms with Crippen molar-refractivity contribution >= 4 is 11.8 Å². The van der Waals surface area contributed by atoms with Crippen LogP contribution in [0.15, 0.2) is 23.4 Å². The second-order valence-corrected chi connectivity index (χ2v) is 5.32. The molecule has 0 fully saturated rings. The molecule has 0 bridgehead atoms. The lowest BCUT2D eigenvalue weighted by Gasteiger charge is -2.15. The van der Waals surface area contributed by atoms with Crippen LogP contribution in [-0.2, 0) is 0 Å². The summed E-state index contributed by atoms with van der Waals surface area (Å²) in [5.74, 6) is 1.18. The Morgan fingerprint density at radius 1 is 1.35 bits per heavy atom. The van der Waals surface area contributed by atoms with E-state index in [9.17, 15) is 0 Å². The van der Waals surface area contributed by atoms with E-state index in [1.807, 2.05) is 24.0 Å². The molecule has 1 unspecified atom stereocenters. The number of aromatic nitrogens is 1. The molecule has 0 aliphatic carbocycles. The van der Waals surface area contributed by atoms with Gasteiger partial charge in [-0.05, 0) is 31.7 Å². The molecule has 3 heteroatoms. The third-order valence-corrected chi connectivity index (χ3v) is 3.87. The van der Waals surface area contributed by atoms with Gasteiger partial charge in [-0.1, -0.05) is 32.8 Å². The Hall–Kier alpha value is -0.540. The van der Waals surface area contributed by atoms with E-state index in [0.29, 0.717) is 6.04 Å². The van der Waals surface area contributed by atoms with E-state index in [1.54, 1.807) is 0 Å². The van der Waals surface area contributed by atoms with E-state index in [1.165, 1.54) is 35.6 Å². The van der Waals surface area contributed by atoms with Gasteiger partial charge in [0.1, 0.15) is 5.03 Å². The highest BCUT2D eigenvalue weighted by Gasteiger charge is 2.10. The Morgan fingerprint density at radius 2 is 2.18 bits per heavy atom. The fourth-order valence-electron chi connectivity index (χ4n) is 1.79. The second-order valence-electron chi connectivity index (χ2n) is 4.23. The van der Waals surface area contributed by atoms with Crippen LogP contribution in [0.2, 0.25) is 0 Å². The Labute approximate surface area is 110 Å². The fourth-order valence-corrected chi connectivity index (χ4v) is 2.88. The average molecular weight is 252 g/mol. The molecule has 1 aromatic heterocycles. The molecule has 1 atom stereocenters. The highest BCUT2D eigenvalue weighted by atomic mass is 32.2. The first kappa shape index (κ1) is 14.5. The smallest absolute Gasteiger partial charge is 0.101 e. The van der Waals surface area contributed by atoms with E-state index in [0.717, 1.165) is 6.54 Å². The third kappa shape index (κ3) is 5.09. The van der Waals surface area contributed by atoms with Crippen molar-refractivity contribution in [2.75, 3.05) is 12.3 Å². The van der Waals surface area contributed by atoms with Gasteiger partial charge in [-0.3, -0.25) is 0 Å². The van der Waals surface area contributed by atoms with Crippen molar-refractivity contribution in [3.63, 3.8) is 0 Å². The van der Waals surface area contributed by atoms with Crippen LogP contribution in [0, 0.1) is 0 Å². The lowest BCUT2D eigenvalue weighted by molar-refractivity contribution is 0.585. The Bertz CT molecular complexity index is 315. The van der Waals surface area contributed by atoms with Gasteiger partial charge in [-0.25, -0.2) is 4.98 Å². The second kappa shape index (κ2) is 8.54. The Balaban J connectivity index is 2.57. The average Bonchev–Trinajstić information content (AvgIpc) is 2.35. The molecule has 1 heterocycles. The van der Waals surface area contributed by atoms with E-state index < -0.39 is 0 Å². The minimum atomic E-state index is 0.391. The van der Waals surface area contributed by atoms with Crippen LogP contribution in [0.1, 0.15) is 51.6 Å². The SMILES string of the molecule is CCCCCSc1ncccc1C(C)NCC. The minimum Gasteiger partial charge on any atom is -0.310 e. The van der Waals surface area contributed by atoms with E-state index in [2.05, 4.69) is 37.1 Å². The van der Waals surface area contributed by atoms with Crippen molar-refractivity contribution in [2.24, 2.45) is 0 Å². The van der Waals surface area contributed by atoms with Crippen molar-refractivity contribution in [1.82, 2.24) is 10.3 Å². The minimum absolute atomic E-state index is 0.391. The molecule has 0 aliphatic heterocycles. The van der Waals surface area contributed by atoms with Crippen LogP contribution in [0.25, 0.3) is 0 Å². The van der Waals surface area contributed by atoms with Gasteiger partial charge in [0, 0.05) is 17.8 Å². The molecule has 17 heavy (non-hydrogen) atoms. The van der Waals surface area contributed by atoms with Crippen molar-refractivity contribution in [1.29, 1.82) is 0 Å². The standard InChI is InChI=1S/C14H24N2S/c1-4-6-7-11-17-14-13(9-8-10-16-14)12(3)15-5-2/h8-10,12,15H,4-7,11H2,1-3H3. The van der Waals surface area contributed by atoms with E-state index in [-0.39, 0.29) is 0 Å². The number of thioether (sulfide) groups is 1. The molecule has 0 amide bonds. The molecule has 0 aromatic carbocycles. The summed E-state index contributed by atoms with van der Waals surface area (Å²) in [6.07, 6.45) is 5.78. The summed E-state index contributed by atoms with van der Waals surface area (Å²) in [6.45, 7) is 7.58. The van der Waals surface area contributed by atoms with Gasteiger partial charge in [0.15, 0.2) is 0 Å². The molecule has 0 saturated carbocycles. The predicted octanol–water partition coefficient (Wildman–Crippen LogP) is 4.03. The number of nitrogens with zero attached hydrogens (tertiary/aromatic N) is 1. The molecule has 1 aromatic rings. The van der Waals surface area contributed by atoms with Crippen LogP contribution in [0.4, 0.5) is 0 Å². The van der Waals surface area contributed by atoms with Crippen molar-refractivity contribution in [2.45, 2.75) is 51.1 Å². The molecule has 1 N–H and O–H groups in total. The first-order valence-electron chi connectivity index (χ1n) is 6.60. The van der Waals surface area contributed by atoms with Crippen LogP contribution >= 0.6 is 11.8 Å². The summed E-state index contributed by atoms with van der Waals surface area (Å²) in [5.41, 5.74) is 1.33. The zero-order valence-corrected chi connectivity index (χ0v) is 12.0. The first-order chi connectivity index (χ1) is 8.29. The first-order valence-corrected chi connectivity index (χ1v) is 7.59. The normalized spacial score (nSPS) is 12.6. The zero-order chi connectivity index (χ0) is 12.5. The fraction of sp³-hybridized carbons (Fsp3) is 0.643. The van der Waals surface area contributed by atoms with Gasteiger partial charge >= 0.3 is 0 Å². The molecular formula is C14H24N2S. The number of hydrogen-bond donors (Lipinski definition) is 1. The van der Waals surface area contributed by atoms with Crippen LogP contribution in [0.3, 0.4) is 0 Å². The van der Waals surface area contributed by atoms with Crippen LogP contribution in [0.5, 0.6) is 0 Å². The Morgan fingerprint density at radius 3 is 2.88 bits per heavy atom. The number of nitrogens with one attached hydrogen (secondary N) is 1. The maximum absolute atomic E-state index is 4.50. The van der Waals surface area contributed by atoms with Gasteiger partial charge in [0.05, 0.1) is 0 Å². The maximum Gasteiger partial charge on any atom is 0.101 e. The number of rotatable bonds is 8. The summed E-state index contributed by atoms with van der Waals surface area (Å²) in [6, 6.07) is 4.60. The molecule has 0 spiro atoms. The quantitative estimate of drug-likeness (QED) is 0.558. The summed E-state index contributed by atoms with van der Waals surface area (Å²) in [4.78, 5) is 4.50. The van der Waals surface area contributed by atoms with Crippen molar-refractivity contribution in [3.05, 3.63) is 23.9 Å². The molecular weight excluding hydrogens is 228 g/mol. The number of pyridine rings is 1. The largest absolute Gasteiger partial charge is 0.310 e. The van der Waals surface area contributed by atoms with E-state index in [4.69, 9.17) is 0 Å². The lowest BCUT2D eigenvalue weighted by Crippen LogP contribution is -2.18. The van der Waals surface area contributed by atoms with Gasteiger partial charge in [0.2, 0.25) is 0 Å². The van der Waals surface area contributed by atoms with Gasteiger partial charge in [0.25, 0.3) is 0 Å². The monoisotopic (exact) mass is 252 g/mol. The molecule has 96 valence electrons. The highest BCUT2D eigenvalue weighted by molar-refractivity contribution is 7.99. The van der Waals surface area contributed by atoms with Crippen LogP contribution in [-0.4, -0.2) is 17.3 Å². The van der Waals surface area contributed by atoms with E-state index >= 15 is 0 Å².